The summed E-state index contributed by atoms with van der Waals surface area (Å²) in [5, 5.41) is 31.8. The molecule has 27 heavy (non-hydrogen) atoms. The van der Waals surface area contributed by atoms with Crippen LogP contribution in [0.2, 0.25) is 0 Å². The minimum Gasteiger partial charge on any atom is -0.393 e. The Balaban J connectivity index is 1.82. The Morgan fingerprint density at radius 3 is 2.96 bits per heavy atom. The van der Waals surface area contributed by atoms with E-state index < -0.39 is 0 Å². The first-order valence-electron chi connectivity index (χ1n) is 8.56. The lowest BCUT2D eigenvalue weighted by molar-refractivity contribution is 0.160. The van der Waals surface area contributed by atoms with E-state index in [0.717, 1.165) is 29.9 Å². The van der Waals surface area contributed by atoms with Crippen molar-refractivity contribution < 1.29 is 0 Å². The number of nitriles is 1. The highest BCUT2D eigenvalue weighted by Gasteiger charge is 2.39. The first-order chi connectivity index (χ1) is 13.2. The van der Waals surface area contributed by atoms with Crippen molar-refractivity contribution in [3.63, 3.8) is 0 Å². The van der Waals surface area contributed by atoms with Gasteiger partial charge in [0.1, 0.15) is 5.54 Å². The summed E-state index contributed by atoms with van der Waals surface area (Å²) >= 11 is 0. The van der Waals surface area contributed by atoms with E-state index in [2.05, 4.69) is 26.9 Å². The van der Waals surface area contributed by atoms with Crippen molar-refractivity contribution in [3.05, 3.63) is 42.7 Å². The summed E-state index contributed by atoms with van der Waals surface area (Å²) in [4.78, 5) is 4.76. The van der Waals surface area contributed by atoms with Gasteiger partial charge in [0.05, 0.1) is 48.0 Å². The van der Waals surface area contributed by atoms with Crippen LogP contribution in [0.4, 0.5) is 0 Å². The van der Waals surface area contributed by atoms with Gasteiger partial charge in [-0.1, -0.05) is 0 Å². The average Bonchev–Trinajstić information content (AvgIpc) is 3.31. The van der Waals surface area contributed by atoms with Crippen molar-refractivity contribution in [3.8, 4) is 17.3 Å². The maximum atomic E-state index is 9.16. The molecule has 0 saturated carbocycles. The number of fused-ring (bicyclic) bond motifs is 1. The molecule has 4 rings (SSSR count). The molecule has 0 aromatic carbocycles. The van der Waals surface area contributed by atoms with Gasteiger partial charge in [0.15, 0.2) is 0 Å². The van der Waals surface area contributed by atoms with Gasteiger partial charge in [0.25, 0.3) is 0 Å². The van der Waals surface area contributed by atoms with Gasteiger partial charge in [-0.2, -0.15) is 15.5 Å². The minimum atomic E-state index is -0.298. The maximum absolute atomic E-state index is 9.16. The zero-order chi connectivity index (χ0) is 18.9. The Morgan fingerprint density at radius 2 is 2.30 bits per heavy atom. The van der Waals surface area contributed by atoms with Gasteiger partial charge in [0.2, 0.25) is 0 Å². The highest BCUT2D eigenvalue weighted by Crippen LogP contribution is 2.29. The SMILES string of the molecule is CN/C=C(\C=N)c1cn2nccc2c(-c2cnn(C3(CC#N)CNC3)c2)n1. The van der Waals surface area contributed by atoms with Gasteiger partial charge in [-0.25, -0.2) is 9.50 Å². The highest BCUT2D eigenvalue weighted by atomic mass is 15.4. The van der Waals surface area contributed by atoms with Crippen LogP contribution in [0.15, 0.2) is 37.1 Å². The predicted molar refractivity (Wildman–Crippen MR) is 101 cm³/mol. The second-order valence-electron chi connectivity index (χ2n) is 6.50. The summed E-state index contributed by atoms with van der Waals surface area (Å²) in [6.45, 7) is 1.44. The third-order valence-corrected chi connectivity index (χ3v) is 4.80. The van der Waals surface area contributed by atoms with Crippen molar-refractivity contribution >= 4 is 17.3 Å². The van der Waals surface area contributed by atoms with Crippen molar-refractivity contribution in [1.82, 2.24) is 35.0 Å². The van der Waals surface area contributed by atoms with E-state index in [-0.39, 0.29) is 5.54 Å². The molecule has 9 nitrogen and oxygen atoms in total. The number of hydrogen-bond acceptors (Lipinski definition) is 7. The van der Waals surface area contributed by atoms with Gasteiger partial charge in [0, 0.05) is 49.9 Å². The van der Waals surface area contributed by atoms with Crippen LogP contribution < -0.4 is 10.6 Å². The van der Waals surface area contributed by atoms with Gasteiger partial charge < -0.3 is 16.0 Å². The summed E-state index contributed by atoms with van der Waals surface area (Å²) in [6.07, 6.45) is 10.6. The normalized spacial score (nSPS) is 15.9. The second-order valence-corrected chi connectivity index (χ2v) is 6.50. The summed E-state index contributed by atoms with van der Waals surface area (Å²) < 4.78 is 3.61. The van der Waals surface area contributed by atoms with Crippen molar-refractivity contribution in [2.24, 2.45) is 0 Å². The maximum Gasteiger partial charge on any atom is 0.100 e. The molecule has 136 valence electrons. The molecule has 0 radical (unpaired) electrons. The molecule has 0 bridgehead atoms. The number of nitrogens with one attached hydrogen (secondary N) is 3. The molecular formula is C18H19N9. The summed E-state index contributed by atoms with van der Waals surface area (Å²) in [6, 6.07) is 4.15. The van der Waals surface area contributed by atoms with E-state index >= 15 is 0 Å². The van der Waals surface area contributed by atoms with Crippen LogP contribution in [0.25, 0.3) is 22.3 Å². The smallest absolute Gasteiger partial charge is 0.100 e. The van der Waals surface area contributed by atoms with E-state index in [4.69, 9.17) is 15.7 Å². The van der Waals surface area contributed by atoms with E-state index in [1.54, 1.807) is 36.4 Å². The second kappa shape index (κ2) is 6.66. The molecule has 1 aliphatic rings. The fraction of sp³-hybridized carbons (Fsp3) is 0.278. The molecule has 0 unspecified atom stereocenters. The Bertz CT molecular complexity index is 1060. The number of rotatable bonds is 6. The number of hydrogen-bond donors (Lipinski definition) is 3. The topological polar surface area (TPSA) is 120 Å². The summed E-state index contributed by atoms with van der Waals surface area (Å²) in [5.74, 6) is 0. The van der Waals surface area contributed by atoms with E-state index in [9.17, 15) is 0 Å². The Labute approximate surface area is 155 Å². The predicted octanol–water partition coefficient (Wildman–Crippen LogP) is 1.01. The molecule has 3 aromatic heterocycles. The number of allylic oxidation sites excluding steroid dienone is 1. The third kappa shape index (κ3) is 2.76. The molecule has 4 heterocycles. The van der Waals surface area contributed by atoms with Crippen LogP contribution in [0.3, 0.4) is 0 Å². The van der Waals surface area contributed by atoms with Crippen LogP contribution in [-0.2, 0) is 5.54 Å². The Hall–Kier alpha value is -3.51. The molecule has 0 spiro atoms. The molecule has 3 aromatic rings. The van der Waals surface area contributed by atoms with Crippen LogP contribution in [-0.4, -0.2) is 50.7 Å². The first-order valence-corrected chi connectivity index (χ1v) is 8.56. The summed E-state index contributed by atoms with van der Waals surface area (Å²) in [5.41, 5.74) is 3.42. The average molecular weight is 361 g/mol. The van der Waals surface area contributed by atoms with E-state index in [1.807, 2.05) is 16.9 Å². The highest BCUT2D eigenvalue weighted by molar-refractivity contribution is 6.07. The van der Waals surface area contributed by atoms with Gasteiger partial charge in [-0.15, -0.1) is 0 Å². The lowest BCUT2D eigenvalue weighted by Gasteiger charge is -2.41. The lowest BCUT2D eigenvalue weighted by Crippen LogP contribution is -2.60. The lowest BCUT2D eigenvalue weighted by atomic mass is 9.89. The molecule has 0 atom stereocenters. The standard InChI is InChI=1S/C18H19N9/c1-21-7-13(6-20)15-10-26-16(2-5-23-26)17(25-15)14-8-24-27(9-14)18(3-4-19)11-22-12-18/h2,5-10,20-22H,3,11-12H2,1H3/b13-7+,20-6?. The quantitative estimate of drug-likeness (QED) is 0.564. The van der Waals surface area contributed by atoms with Crippen LogP contribution in [0, 0.1) is 16.7 Å². The van der Waals surface area contributed by atoms with Crippen molar-refractivity contribution in [2.45, 2.75) is 12.0 Å². The van der Waals surface area contributed by atoms with Crippen molar-refractivity contribution in [1.29, 1.82) is 10.7 Å². The van der Waals surface area contributed by atoms with Gasteiger partial charge >= 0.3 is 0 Å². The monoisotopic (exact) mass is 361 g/mol. The third-order valence-electron chi connectivity index (χ3n) is 4.80. The first kappa shape index (κ1) is 16.9. The summed E-state index contributed by atoms with van der Waals surface area (Å²) in [7, 11) is 1.78. The zero-order valence-electron chi connectivity index (χ0n) is 14.8. The molecule has 3 N–H and O–H groups in total. The van der Waals surface area contributed by atoms with E-state index in [0.29, 0.717) is 17.7 Å². The Kier molecular flexibility index (Phi) is 4.18. The zero-order valence-corrected chi connectivity index (χ0v) is 14.8. The molecule has 9 heteroatoms. The van der Waals surface area contributed by atoms with Crippen LogP contribution in [0.1, 0.15) is 12.1 Å². The van der Waals surface area contributed by atoms with Crippen molar-refractivity contribution in [2.75, 3.05) is 20.1 Å². The van der Waals surface area contributed by atoms with Gasteiger partial charge in [-0.05, 0) is 6.07 Å². The fourth-order valence-corrected chi connectivity index (χ4v) is 3.26. The van der Waals surface area contributed by atoms with Crippen LogP contribution in [0.5, 0.6) is 0 Å². The molecular weight excluding hydrogens is 342 g/mol. The number of nitrogens with zero attached hydrogens (tertiary/aromatic N) is 6. The largest absolute Gasteiger partial charge is 0.393 e. The molecule has 1 saturated heterocycles. The molecule has 0 aliphatic carbocycles. The van der Waals surface area contributed by atoms with Gasteiger partial charge in [-0.3, -0.25) is 4.68 Å². The Morgan fingerprint density at radius 1 is 1.44 bits per heavy atom. The molecule has 1 aliphatic heterocycles. The minimum absolute atomic E-state index is 0.298. The fourth-order valence-electron chi connectivity index (χ4n) is 3.26. The number of aromatic nitrogens is 5. The van der Waals surface area contributed by atoms with Crippen LogP contribution >= 0.6 is 0 Å². The molecule has 1 fully saturated rings. The van der Waals surface area contributed by atoms with E-state index in [1.165, 1.54) is 6.21 Å². The molecule has 0 amide bonds.